The molecule has 2 aromatic carbocycles. The maximum atomic E-state index is 13.4. The molecular formula is C16H12FNO. The number of hydrogen-bond donors (Lipinski definition) is 0. The van der Waals surface area contributed by atoms with E-state index in [0.29, 0.717) is 0 Å². The summed E-state index contributed by atoms with van der Waals surface area (Å²) in [6, 6.07) is 18.1. The first-order valence-corrected chi connectivity index (χ1v) is 6.05. The van der Waals surface area contributed by atoms with Crippen molar-refractivity contribution in [3.63, 3.8) is 0 Å². The van der Waals surface area contributed by atoms with Crippen molar-refractivity contribution in [1.82, 2.24) is 4.98 Å². The van der Waals surface area contributed by atoms with Crippen LogP contribution < -0.4 is 4.74 Å². The lowest BCUT2D eigenvalue weighted by molar-refractivity contribution is 0.286. The molecule has 3 aromatic rings. The van der Waals surface area contributed by atoms with Gasteiger partial charge in [-0.3, -0.25) is 0 Å². The number of rotatable bonds is 3. The van der Waals surface area contributed by atoms with Gasteiger partial charge in [0.05, 0.1) is 11.2 Å². The second-order valence-corrected chi connectivity index (χ2v) is 4.21. The van der Waals surface area contributed by atoms with Gasteiger partial charge in [-0.1, -0.05) is 36.4 Å². The van der Waals surface area contributed by atoms with E-state index in [1.807, 2.05) is 36.4 Å². The summed E-state index contributed by atoms with van der Waals surface area (Å²) in [5.74, 6) is -0.110. The zero-order chi connectivity index (χ0) is 13.1. The van der Waals surface area contributed by atoms with Crippen LogP contribution in [0.1, 0.15) is 5.69 Å². The van der Waals surface area contributed by atoms with Crippen molar-refractivity contribution in [3.05, 3.63) is 72.2 Å². The van der Waals surface area contributed by atoms with Crippen molar-refractivity contribution in [1.29, 1.82) is 0 Å². The Labute approximate surface area is 110 Å². The van der Waals surface area contributed by atoms with Crippen LogP contribution in [-0.4, -0.2) is 4.98 Å². The van der Waals surface area contributed by atoms with Crippen molar-refractivity contribution >= 4 is 10.9 Å². The van der Waals surface area contributed by atoms with E-state index in [1.165, 1.54) is 6.07 Å². The first-order chi connectivity index (χ1) is 9.33. The van der Waals surface area contributed by atoms with Gasteiger partial charge in [0.2, 0.25) is 0 Å². The standard InChI is InChI=1S/C16H12FNO/c17-14-6-2-4-8-16(14)19-11-13-10-9-12-5-1-3-7-15(12)18-13/h1-10H,11H2. The van der Waals surface area contributed by atoms with E-state index in [-0.39, 0.29) is 18.2 Å². The summed E-state index contributed by atoms with van der Waals surface area (Å²) in [7, 11) is 0. The molecule has 0 bridgehead atoms. The number of pyridine rings is 1. The third-order valence-corrected chi connectivity index (χ3v) is 2.87. The van der Waals surface area contributed by atoms with Gasteiger partial charge in [0.1, 0.15) is 6.61 Å². The Morgan fingerprint density at radius 2 is 1.68 bits per heavy atom. The number of fused-ring (bicyclic) bond motifs is 1. The van der Waals surface area contributed by atoms with Gasteiger partial charge in [0.25, 0.3) is 0 Å². The Morgan fingerprint density at radius 3 is 2.58 bits per heavy atom. The lowest BCUT2D eigenvalue weighted by Crippen LogP contribution is -1.99. The molecule has 94 valence electrons. The van der Waals surface area contributed by atoms with Crippen molar-refractivity contribution in [2.45, 2.75) is 6.61 Å². The maximum Gasteiger partial charge on any atom is 0.165 e. The van der Waals surface area contributed by atoms with Crippen LogP contribution in [-0.2, 0) is 6.61 Å². The maximum absolute atomic E-state index is 13.4. The smallest absolute Gasteiger partial charge is 0.165 e. The lowest BCUT2D eigenvalue weighted by atomic mass is 10.2. The largest absolute Gasteiger partial charge is 0.484 e. The predicted molar refractivity (Wildman–Crippen MR) is 72.5 cm³/mol. The van der Waals surface area contributed by atoms with Crippen LogP contribution >= 0.6 is 0 Å². The van der Waals surface area contributed by atoms with Gasteiger partial charge in [0.15, 0.2) is 11.6 Å². The predicted octanol–water partition coefficient (Wildman–Crippen LogP) is 3.95. The highest BCUT2D eigenvalue weighted by molar-refractivity contribution is 5.78. The van der Waals surface area contributed by atoms with Gasteiger partial charge in [0, 0.05) is 5.39 Å². The van der Waals surface area contributed by atoms with Crippen LogP contribution in [0.2, 0.25) is 0 Å². The second-order valence-electron chi connectivity index (χ2n) is 4.21. The van der Waals surface area contributed by atoms with Gasteiger partial charge in [-0.25, -0.2) is 9.37 Å². The molecule has 0 aliphatic heterocycles. The molecule has 0 aliphatic carbocycles. The minimum Gasteiger partial charge on any atom is -0.484 e. The fourth-order valence-corrected chi connectivity index (χ4v) is 1.90. The highest BCUT2D eigenvalue weighted by Gasteiger charge is 2.03. The van der Waals surface area contributed by atoms with Crippen LogP contribution in [0.3, 0.4) is 0 Å². The van der Waals surface area contributed by atoms with Crippen LogP contribution in [0.4, 0.5) is 4.39 Å². The van der Waals surface area contributed by atoms with Crippen molar-refractivity contribution in [2.75, 3.05) is 0 Å². The number of aromatic nitrogens is 1. The zero-order valence-electron chi connectivity index (χ0n) is 10.2. The quantitative estimate of drug-likeness (QED) is 0.705. The molecule has 3 heteroatoms. The fourth-order valence-electron chi connectivity index (χ4n) is 1.90. The molecule has 0 radical (unpaired) electrons. The van der Waals surface area contributed by atoms with Gasteiger partial charge in [-0.05, 0) is 24.3 Å². The van der Waals surface area contributed by atoms with Gasteiger partial charge in [-0.15, -0.1) is 0 Å². The SMILES string of the molecule is Fc1ccccc1OCc1ccc2ccccc2n1. The monoisotopic (exact) mass is 253 g/mol. The number of halogens is 1. The van der Waals surface area contributed by atoms with Crippen LogP contribution in [0, 0.1) is 5.82 Å². The highest BCUT2D eigenvalue weighted by atomic mass is 19.1. The molecule has 0 unspecified atom stereocenters. The number of ether oxygens (including phenoxy) is 1. The van der Waals surface area contributed by atoms with E-state index in [2.05, 4.69) is 4.98 Å². The molecule has 0 spiro atoms. The first kappa shape index (κ1) is 11.7. The molecule has 3 rings (SSSR count). The van der Waals surface area contributed by atoms with E-state index in [1.54, 1.807) is 18.2 Å². The Kier molecular flexibility index (Phi) is 3.11. The molecule has 0 amide bonds. The molecule has 0 N–H and O–H groups in total. The summed E-state index contributed by atoms with van der Waals surface area (Å²) in [5.41, 5.74) is 1.69. The topological polar surface area (TPSA) is 22.1 Å². The fraction of sp³-hybridized carbons (Fsp3) is 0.0625. The Balaban J connectivity index is 1.80. The van der Waals surface area contributed by atoms with Gasteiger partial charge >= 0.3 is 0 Å². The Morgan fingerprint density at radius 1 is 0.895 bits per heavy atom. The van der Waals surface area contributed by atoms with E-state index in [9.17, 15) is 4.39 Å². The Bertz CT molecular complexity index is 712. The second kappa shape index (κ2) is 5.06. The molecule has 0 fully saturated rings. The van der Waals surface area contributed by atoms with E-state index in [4.69, 9.17) is 4.74 Å². The summed E-state index contributed by atoms with van der Waals surface area (Å²) in [5, 5.41) is 1.08. The lowest BCUT2D eigenvalue weighted by Gasteiger charge is -2.07. The Hall–Kier alpha value is -2.42. The number of hydrogen-bond acceptors (Lipinski definition) is 2. The van der Waals surface area contributed by atoms with Crippen LogP contribution in [0.25, 0.3) is 10.9 Å². The third-order valence-electron chi connectivity index (χ3n) is 2.87. The summed E-state index contributed by atoms with van der Waals surface area (Å²) in [6.45, 7) is 0.256. The van der Waals surface area contributed by atoms with E-state index in [0.717, 1.165) is 16.6 Å². The van der Waals surface area contributed by atoms with Crippen LogP contribution in [0.15, 0.2) is 60.7 Å². The normalized spacial score (nSPS) is 10.6. The molecule has 0 aliphatic rings. The summed E-state index contributed by atoms with van der Waals surface area (Å²) >= 11 is 0. The average Bonchev–Trinajstić information content (AvgIpc) is 2.46. The third kappa shape index (κ3) is 2.55. The molecule has 1 aromatic heterocycles. The molecule has 0 saturated carbocycles. The van der Waals surface area contributed by atoms with Crippen molar-refractivity contribution < 1.29 is 9.13 Å². The highest BCUT2D eigenvalue weighted by Crippen LogP contribution is 2.18. The summed E-state index contributed by atoms with van der Waals surface area (Å²) in [6.07, 6.45) is 0. The first-order valence-electron chi connectivity index (χ1n) is 6.05. The van der Waals surface area contributed by atoms with Gasteiger partial charge in [-0.2, -0.15) is 0 Å². The van der Waals surface area contributed by atoms with E-state index >= 15 is 0 Å². The molecule has 1 heterocycles. The minimum atomic E-state index is -0.358. The summed E-state index contributed by atoms with van der Waals surface area (Å²) in [4.78, 5) is 4.47. The zero-order valence-corrected chi connectivity index (χ0v) is 10.2. The number of para-hydroxylation sites is 2. The number of nitrogens with zero attached hydrogens (tertiary/aromatic N) is 1. The molecule has 0 atom stereocenters. The van der Waals surface area contributed by atoms with Crippen molar-refractivity contribution in [3.8, 4) is 5.75 Å². The number of benzene rings is 2. The molecule has 0 saturated heterocycles. The van der Waals surface area contributed by atoms with Crippen LogP contribution in [0.5, 0.6) is 5.75 Å². The van der Waals surface area contributed by atoms with E-state index < -0.39 is 0 Å². The molecule has 19 heavy (non-hydrogen) atoms. The summed E-state index contributed by atoms with van der Waals surface area (Å²) < 4.78 is 18.8. The van der Waals surface area contributed by atoms with Gasteiger partial charge < -0.3 is 4.74 Å². The molecule has 2 nitrogen and oxygen atoms in total. The molecular weight excluding hydrogens is 241 g/mol. The minimum absolute atomic E-state index is 0.248. The van der Waals surface area contributed by atoms with Crippen molar-refractivity contribution in [2.24, 2.45) is 0 Å². The average molecular weight is 253 g/mol.